The maximum absolute atomic E-state index is 13.3. The molecule has 28 heavy (non-hydrogen) atoms. The Balaban J connectivity index is 1.34. The molecule has 0 saturated heterocycles. The fourth-order valence-corrected chi connectivity index (χ4v) is 6.36. The van der Waals surface area contributed by atoms with Gasteiger partial charge >= 0.3 is 5.97 Å². The molecular weight excluding hydrogens is 356 g/mol. The third-order valence-electron chi connectivity index (χ3n) is 7.01. The van der Waals surface area contributed by atoms with Crippen LogP contribution in [0.5, 0.6) is 0 Å². The number of fused-ring (bicyclic) bond motifs is 1. The van der Waals surface area contributed by atoms with E-state index in [0.717, 1.165) is 30.7 Å². The van der Waals surface area contributed by atoms with E-state index in [-0.39, 0.29) is 17.0 Å². The predicted octanol–water partition coefficient (Wildman–Crippen LogP) is 3.07. The van der Waals surface area contributed by atoms with Gasteiger partial charge in [-0.15, -0.1) is 5.10 Å². The van der Waals surface area contributed by atoms with Gasteiger partial charge in [0.15, 0.2) is 11.9 Å². The van der Waals surface area contributed by atoms with Crippen molar-refractivity contribution in [1.82, 2.24) is 19.6 Å². The predicted molar refractivity (Wildman–Crippen MR) is 101 cm³/mol. The second-order valence-corrected chi connectivity index (χ2v) is 9.30. The first kappa shape index (κ1) is 17.8. The molecule has 4 aliphatic carbocycles. The molecule has 0 N–H and O–H groups in total. The van der Waals surface area contributed by atoms with Gasteiger partial charge in [-0.1, -0.05) is 0 Å². The third-order valence-corrected chi connectivity index (χ3v) is 7.01. The lowest BCUT2D eigenvalue weighted by molar-refractivity contribution is -0.152. The summed E-state index contributed by atoms with van der Waals surface area (Å²) in [6.07, 6.45) is 5.96. The van der Waals surface area contributed by atoms with Gasteiger partial charge in [0, 0.05) is 16.8 Å². The van der Waals surface area contributed by atoms with Crippen molar-refractivity contribution < 1.29 is 14.3 Å². The van der Waals surface area contributed by atoms with Gasteiger partial charge in [0.05, 0.1) is 0 Å². The number of nitrogens with zero attached hydrogens (tertiary/aromatic N) is 4. The van der Waals surface area contributed by atoms with Crippen molar-refractivity contribution in [3.05, 3.63) is 23.3 Å². The molecule has 0 aromatic carbocycles. The Morgan fingerprint density at radius 2 is 1.71 bits per heavy atom. The largest absolute Gasteiger partial charge is 0.449 e. The summed E-state index contributed by atoms with van der Waals surface area (Å²) in [6, 6.07) is 1.87. The monoisotopic (exact) mass is 382 g/mol. The van der Waals surface area contributed by atoms with E-state index in [1.54, 1.807) is 6.92 Å². The Kier molecular flexibility index (Phi) is 3.87. The van der Waals surface area contributed by atoms with Crippen LogP contribution < -0.4 is 0 Å². The smallest absolute Gasteiger partial charge is 0.379 e. The van der Waals surface area contributed by atoms with E-state index in [4.69, 9.17) is 4.74 Å². The van der Waals surface area contributed by atoms with E-state index in [1.807, 2.05) is 19.9 Å². The van der Waals surface area contributed by atoms with Crippen LogP contribution in [0.2, 0.25) is 0 Å². The molecule has 4 bridgehead atoms. The zero-order chi connectivity index (χ0) is 19.6. The zero-order valence-electron chi connectivity index (χ0n) is 16.6. The molecule has 6 rings (SSSR count). The Labute approximate surface area is 163 Å². The second kappa shape index (κ2) is 6.09. The SMILES string of the molecule is Cc1cc(C)n2nc(C(=O)OC(C)C(=O)C34CC5CC(CC(C5)C3)C4)nc2n1. The Morgan fingerprint density at radius 3 is 2.32 bits per heavy atom. The van der Waals surface area contributed by atoms with Crippen molar-refractivity contribution in [2.24, 2.45) is 23.2 Å². The maximum atomic E-state index is 13.3. The van der Waals surface area contributed by atoms with Gasteiger partial charge in [-0.2, -0.15) is 4.98 Å². The molecule has 1 atom stereocenters. The summed E-state index contributed by atoms with van der Waals surface area (Å²) in [7, 11) is 0. The highest BCUT2D eigenvalue weighted by atomic mass is 16.5. The van der Waals surface area contributed by atoms with Crippen molar-refractivity contribution >= 4 is 17.5 Å². The fraction of sp³-hybridized carbons (Fsp3) is 0.667. The van der Waals surface area contributed by atoms with Gasteiger partial charge in [0.2, 0.25) is 0 Å². The number of ether oxygens (including phenoxy) is 1. The van der Waals surface area contributed by atoms with Crippen LogP contribution in [0.15, 0.2) is 6.07 Å². The topological polar surface area (TPSA) is 86.5 Å². The molecule has 148 valence electrons. The average molecular weight is 382 g/mol. The first-order chi connectivity index (χ1) is 13.3. The van der Waals surface area contributed by atoms with Crippen LogP contribution in [-0.4, -0.2) is 37.4 Å². The summed E-state index contributed by atoms with van der Waals surface area (Å²) in [5, 5.41) is 4.22. The zero-order valence-corrected chi connectivity index (χ0v) is 16.6. The molecular formula is C21H26N4O3. The van der Waals surface area contributed by atoms with Gasteiger partial charge in [-0.05, 0) is 83.1 Å². The second-order valence-electron chi connectivity index (χ2n) is 9.30. The van der Waals surface area contributed by atoms with Gasteiger partial charge in [0.25, 0.3) is 11.6 Å². The number of esters is 1. The molecule has 0 spiro atoms. The van der Waals surface area contributed by atoms with Crippen LogP contribution in [0, 0.1) is 37.0 Å². The lowest BCUT2D eigenvalue weighted by atomic mass is 9.48. The summed E-state index contributed by atoms with van der Waals surface area (Å²) in [5.41, 5.74) is 1.37. The summed E-state index contributed by atoms with van der Waals surface area (Å²) in [6.45, 7) is 5.44. The molecule has 2 aromatic heterocycles. The highest BCUT2D eigenvalue weighted by Gasteiger charge is 2.55. The van der Waals surface area contributed by atoms with Crippen LogP contribution in [0.1, 0.15) is 67.5 Å². The number of hydrogen-bond acceptors (Lipinski definition) is 6. The molecule has 4 aliphatic rings. The minimum absolute atomic E-state index is 0.0497. The highest BCUT2D eigenvalue weighted by molar-refractivity contribution is 5.93. The molecule has 2 aromatic rings. The number of rotatable bonds is 4. The van der Waals surface area contributed by atoms with E-state index in [2.05, 4.69) is 15.1 Å². The molecule has 7 nitrogen and oxygen atoms in total. The van der Waals surface area contributed by atoms with Crippen LogP contribution in [0.4, 0.5) is 0 Å². The Morgan fingerprint density at radius 1 is 1.11 bits per heavy atom. The van der Waals surface area contributed by atoms with E-state index >= 15 is 0 Å². The Bertz CT molecular complexity index is 944. The highest BCUT2D eigenvalue weighted by Crippen LogP contribution is 2.60. The van der Waals surface area contributed by atoms with Gasteiger partial charge in [-0.25, -0.2) is 14.3 Å². The van der Waals surface area contributed by atoms with Crippen LogP contribution in [0.25, 0.3) is 5.78 Å². The van der Waals surface area contributed by atoms with E-state index in [1.165, 1.54) is 23.8 Å². The van der Waals surface area contributed by atoms with Gasteiger partial charge in [-0.3, -0.25) is 4.79 Å². The van der Waals surface area contributed by atoms with Gasteiger partial charge < -0.3 is 4.74 Å². The normalized spacial score (nSPS) is 31.9. The standard InChI is InChI=1S/C21H26N4O3/c1-11-4-12(2)25-20(22-11)23-18(24-25)19(27)28-13(3)17(26)21-8-14-5-15(9-21)7-16(6-14)10-21/h4,13-16H,5-10H2,1-3H3. The minimum atomic E-state index is -0.772. The quantitative estimate of drug-likeness (QED) is 0.756. The number of Topliss-reactive ketones (excluding diaryl/α,β-unsaturated/α-hetero) is 1. The number of ketones is 1. The minimum Gasteiger partial charge on any atom is -0.449 e. The number of aromatic nitrogens is 4. The number of carbonyl (C=O) groups excluding carboxylic acids is 2. The number of carbonyl (C=O) groups is 2. The first-order valence-electron chi connectivity index (χ1n) is 10.3. The molecule has 7 heteroatoms. The first-order valence-corrected chi connectivity index (χ1v) is 10.3. The summed E-state index contributed by atoms with van der Waals surface area (Å²) < 4.78 is 7.06. The molecule has 1 unspecified atom stereocenters. The van der Waals surface area contributed by atoms with E-state index < -0.39 is 12.1 Å². The molecule has 0 aliphatic heterocycles. The number of hydrogen-bond donors (Lipinski definition) is 0. The lowest BCUT2D eigenvalue weighted by Gasteiger charge is -2.56. The lowest BCUT2D eigenvalue weighted by Crippen LogP contribution is -2.52. The molecule has 0 radical (unpaired) electrons. The van der Waals surface area contributed by atoms with Crippen molar-refractivity contribution in [2.75, 3.05) is 0 Å². The average Bonchev–Trinajstić information content (AvgIpc) is 3.04. The molecule has 4 fully saturated rings. The summed E-state index contributed by atoms with van der Waals surface area (Å²) in [5.74, 6) is 1.78. The molecule has 4 saturated carbocycles. The molecule has 2 heterocycles. The van der Waals surface area contributed by atoms with Crippen LogP contribution in [-0.2, 0) is 9.53 Å². The van der Waals surface area contributed by atoms with Crippen molar-refractivity contribution in [3.63, 3.8) is 0 Å². The van der Waals surface area contributed by atoms with Crippen LogP contribution in [0.3, 0.4) is 0 Å². The van der Waals surface area contributed by atoms with Crippen molar-refractivity contribution in [2.45, 2.75) is 65.4 Å². The summed E-state index contributed by atoms with van der Waals surface area (Å²) >= 11 is 0. The van der Waals surface area contributed by atoms with Gasteiger partial charge in [0.1, 0.15) is 0 Å². The van der Waals surface area contributed by atoms with Crippen molar-refractivity contribution in [3.8, 4) is 0 Å². The van der Waals surface area contributed by atoms with E-state index in [0.29, 0.717) is 23.5 Å². The van der Waals surface area contributed by atoms with Crippen molar-refractivity contribution in [1.29, 1.82) is 0 Å². The summed E-state index contributed by atoms with van der Waals surface area (Å²) in [4.78, 5) is 34.4. The fourth-order valence-electron chi connectivity index (χ4n) is 6.36. The number of aryl methyl sites for hydroxylation is 2. The third kappa shape index (κ3) is 2.74. The maximum Gasteiger partial charge on any atom is 0.379 e. The molecule has 0 amide bonds. The van der Waals surface area contributed by atoms with Crippen LogP contribution >= 0.6 is 0 Å². The Hall–Kier alpha value is -2.31. The van der Waals surface area contributed by atoms with E-state index in [9.17, 15) is 9.59 Å².